The Bertz CT molecular complexity index is 947. The van der Waals surface area contributed by atoms with Crippen LogP contribution >= 0.6 is 0 Å². The first-order chi connectivity index (χ1) is 15.5. The summed E-state index contributed by atoms with van der Waals surface area (Å²) >= 11 is 0. The number of carbonyl (C=O) groups is 1. The highest BCUT2D eigenvalue weighted by atomic mass is 19.3. The number of amides is 1. The van der Waals surface area contributed by atoms with Crippen LogP contribution in [0.3, 0.4) is 0 Å². The number of anilines is 1. The maximum absolute atomic E-state index is 12.7. The van der Waals surface area contributed by atoms with Crippen molar-refractivity contribution in [2.75, 3.05) is 26.1 Å². The molecule has 3 rings (SSSR count). The van der Waals surface area contributed by atoms with Crippen LogP contribution in [0.15, 0.2) is 72.8 Å². The molecule has 3 aromatic carbocycles. The van der Waals surface area contributed by atoms with Crippen LogP contribution < -0.4 is 24.8 Å². The third kappa shape index (κ3) is 6.34. The zero-order valence-corrected chi connectivity index (χ0v) is 17.7. The Morgan fingerprint density at radius 1 is 0.781 bits per heavy atom. The first kappa shape index (κ1) is 22.9. The number of benzene rings is 3. The van der Waals surface area contributed by atoms with Gasteiger partial charge in [0, 0.05) is 5.69 Å². The molecule has 3 aromatic rings. The second kappa shape index (κ2) is 11.0. The third-order valence-electron chi connectivity index (χ3n) is 4.74. The van der Waals surface area contributed by atoms with Crippen LogP contribution in [-0.2, 0) is 4.79 Å². The van der Waals surface area contributed by atoms with Gasteiger partial charge in [-0.15, -0.1) is 0 Å². The quantitative estimate of drug-likeness (QED) is 0.480. The summed E-state index contributed by atoms with van der Waals surface area (Å²) in [6, 6.07) is 20.5. The molecule has 0 fully saturated rings. The minimum atomic E-state index is -2.88. The Morgan fingerprint density at radius 2 is 1.25 bits per heavy atom. The molecule has 8 heteroatoms. The molecule has 1 amide bonds. The van der Waals surface area contributed by atoms with Crippen molar-refractivity contribution < 1.29 is 27.8 Å². The van der Waals surface area contributed by atoms with E-state index in [0.29, 0.717) is 5.69 Å². The lowest BCUT2D eigenvalue weighted by molar-refractivity contribution is -0.119. The normalized spacial score (nSPS) is 10.7. The summed E-state index contributed by atoms with van der Waals surface area (Å²) in [4.78, 5) is 12.7. The molecule has 32 heavy (non-hydrogen) atoms. The van der Waals surface area contributed by atoms with Gasteiger partial charge < -0.3 is 24.8 Å². The lowest BCUT2D eigenvalue weighted by atomic mass is 9.98. The van der Waals surface area contributed by atoms with Gasteiger partial charge in [-0.3, -0.25) is 4.79 Å². The van der Waals surface area contributed by atoms with E-state index in [4.69, 9.17) is 9.47 Å². The van der Waals surface area contributed by atoms with E-state index in [-0.39, 0.29) is 24.2 Å². The maximum atomic E-state index is 12.7. The molecule has 0 bridgehead atoms. The van der Waals surface area contributed by atoms with Gasteiger partial charge in [0.2, 0.25) is 5.91 Å². The zero-order valence-electron chi connectivity index (χ0n) is 17.7. The number of nitrogens with one attached hydrogen (secondary N) is 2. The second-order valence-electron chi connectivity index (χ2n) is 6.80. The zero-order chi connectivity index (χ0) is 22.9. The summed E-state index contributed by atoms with van der Waals surface area (Å²) in [5, 5.41) is 6.00. The molecule has 0 unspecified atom stereocenters. The number of methoxy groups -OCH3 is 2. The van der Waals surface area contributed by atoms with Crippen molar-refractivity contribution in [2.24, 2.45) is 0 Å². The molecule has 0 aliphatic heterocycles. The number of carbonyl (C=O) groups excluding carboxylic acids is 1. The molecule has 168 valence electrons. The summed E-state index contributed by atoms with van der Waals surface area (Å²) in [7, 11) is 3.19. The molecule has 0 aliphatic carbocycles. The van der Waals surface area contributed by atoms with E-state index in [1.54, 1.807) is 26.4 Å². The molecule has 0 radical (unpaired) electrons. The number of hydrogen-bond acceptors (Lipinski definition) is 5. The summed E-state index contributed by atoms with van der Waals surface area (Å²) in [5.74, 6) is 1.24. The Balaban J connectivity index is 1.69. The number of rotatable bonds is 10. The van der Waals surface area contributed by atoms with E-state index in [2.05, 4.69) is 15.4 Å². The molecular formula is C24H24F2N2O4. The van der Waals surface area contributed by atoms with Gasteiger partial charge in [0.15, 0.2) is 0 Å². The largest absolute Gasteiger partial charge is 0.497 e. The molecule has 0 atom stereocenters. The van der Waals surface area contributed by atoms with Crippen molar-refractivity contribution in [1.29, 1.82) is 0 Å². The van der Waals surface area contributed by atoms with Gasteiger partial charge in [0.05, 0.1) is 26.8 Å². The van der Waals surface area contributed by atoms with E-state index in [1.165, 1.54) is 12.1 Å². The molecular weight excluding hydrogens is 418 g/mol. The van der Waals surface area contributed by atoms with Gasteiger partial charge in [-0.05, 0) is 59.7 Å². The summed E-state index contributed by atoms with van der Waals surface area (Å²) in [5.41, 5.74) is 2.38. The van der Waals surface area contributed by atoms with Gasteiger partial charge in [-0.25, -0.2) is 0 Å². The minimum absolute atomic E-state index is 0.00212. The van der Waals surface area contributed by atoms with E-state index >= 15 is 0 Å². The van der Waals surface area contributed by atoms with Crippen LogP contribution in [0.4, 0.5) is 14.5 Å². The van der Waals surface area contributed by atoms with Crippen LogP contribution in [0.2, 0.25) is 0 Å². The SMILES string of the molecule is COc1ccc(C(NC(=O)CNc2ccc(OC(F)F)cc2)c2ccc(OC)cc2)cc1. The average molecular weight is 442 g/mol. The molecule has 0 heterocycles. The lowest BCUT2D eigenvalue weighted by Crippen LogP contribution is -2.34. The third-order valence-corrected chi connectivity index (χ3v) is 4.74. The van der Waals surface area contributed by atoms with Crippen LogP contribution in [0.1, 0.15) is 17.2 Å². The van der Waals surface area contributed by atoms with E-state index in [9.17, 15) is 13.6 Å². The molecule has 0 aromatic heterocycles. The van der Waals surface area contributed by atoms with Gasteiger partial charge in [-0.1, -0.05) is 24.3 Å². The van der Waals surface area contributed by atoms with Crippen LogP contribution in [0.5, 0.6) is 17.2 Å². The van der Waals surface area contributed by atoms with Crippen LogP contribution in [-0.4, -0.2) is 33.3 Å². The van der Waals surface area contributed by atoms with Crippen molar-refractivity contribution >= 4 is 11.6 Å². The Kier molecular flexibility index (Phi) is 7.85. The van der Waals surface area contributed by atoms with Gasteiger partial charge in [-0.2, -0.15) is 8.78 Å². The number of hydrogen-bond donors (Lipinski definition) is 2. The summed E-state index contributed by atoms with van der Waals surface area (Å²) < 4.78 is 39.3. The smallest absolute Gasteiger partial charge is 0.387 e. The fourth-order valence-electron chi connectivity index (χ4n) is 3.10. The highest BCUT2D eigenvalue weighted by molar-refractivity contribution is 5.81. The summed E-state index contributed by atoms with van der Waals surface area (Å²) in [6.07, 6.45) is 0. The molecule has 2 N–H and O–H groups in total. The first-order valence-corrected chi connectivity index (χ1v) is 9.84. The standard InChI is InChI=1S/C24H24F2N2O4/c1-30-19-9-3-16(4-10-19)23(17-5-11-20(31-2)12-6-17)28-22(29)15-27-18-7-13-21(14-8-18)32-24(25)26/h3-14,23-24,27H,15H2,1-2H3,(H,28,29). The fraction of sp³-hybridized carbons (Fsp3) is 0.208. The highest BCUT2D eigenvalue weighted by Gasteiger charge is 2.17. The van der Waals surface area contributed by atoms with Crippen molar-refractivity contribution in [1.82, 2.24) is 5.32 Å². The Labute approximate surface area is 185 Å². The molecule has 0 aliphatic rings. The average Bonchev–Trinajstić information content (AvgIpc) is 2.82. The van der Waals surface area contributed by atoms with Crippen LogP contribution in [0.25, 0.3) is 0 Å². The van der Waals surface area contributed by atoms with Crippen LogP contribution in [0, 0.1) is 0 Å². The fourth-order valence-corrected chi connectivity index (χ4v) is 3.10. The first-order valence-electron chi connectivity index (χ1n) is 9.84. The predicted molar refractivity (Wildman–Crippen MR) is 118 cm³/mol. The lowest BCUT2D eigenvalue weighted by Gasteiger charge is -2.21. The van der Waals surface area contributed by atoms with Gasteiger partial charge in [0.25, 0.3) is 0 Å². The number of halogens is 2. The van der Waals surface area contributed by atoms with Gasteiger partial charge >= 0.3 is 6.61 Å². The summed E-state index contributed by atoms with van der Waals surface area (Å²) in [6.45, 7) is -2.88. The molecule has 0 saturated carbocycles. The highest BCUT2D eigenvalue weighted by Crippen LogP contribution is 2.26. The topological polar surface area (TPSA) is 68.8 Å². The molecule has 0 saturated heterocycles. The Morgan fingerprint density at radius 3 is 1.69 bits per heavy atom. The van der Waals surface area contributed by atoms with E-state index < -0.39 is 6.61 Å². The predicted octanol–water partition coefficient (Wildman–Crippen LogP) is 4.62. The monoisotopic (exact) mass is 442 g/mol. The second-order valence-corrected chi connectivity index (χ2v) is 6.80. The molecule has 6 nitrogen and oxygen atoms in total. The van der Waals surface area contributed by atoms with E-state index in [0.717, 1.165) is 22.6 Å². The number of ether oxygens (including phenoxy) is 3. The van der Waals surface area contributed by atoms with Crippen molar-refractivity contribution in [3.63, 3.8) is 0 Å². The van der Waals surface area contributed by atoms with Crippen molar-refractivity contribution in [3.8, 4) is 17.2 Å². The van der Waals surface area contributed by atoms with Gasteiger partial charge in [0.1, 0.15) is 17.2 Å². The maximum Gasteiger partial charge on any atom is 0.387 e. The van der Waals surface area contributed by atoms with Crippen molar-refractivity contribution in [3.05, 3.63) is 83.9 Å². The number of alkyl halides is 2. The van der Waals surface area contributed by atoms with E-state index in [1.807, 2.05) is 48.5 Å². The minimum Gasteiger partial charge on any atom is -0.497 e. The Hall–Kier alpha value is -3.81. The molecule has 0 spiro atoms. The van der Waals surface area contributed by atoms with Crippen molar-refractivity contribution in [2.45, 2.75) is 12.7 Å².